The third-order valence-electron chi connectivity index (χ3n) is 5.71. The zero-order valence-electron chi connectivity index (χ0n) is 19.6. The maximum Gasteiger partial charge on any atom is 0.238 e. The van der Waals surface area contributed by atoms with Crippen molar-refractivity contribution in [2.24, 2.45) is 0 Å². The Morgan fingerprint density at radius 3 is 2.78 bits per heavy atom. The number of thiophene rings is 1. The van der Waals surface area contributed by atoms with Gasteiger partial charge in [0.1, 0.15) is 5.52 Å². The van der Waals surface area contributed by atoms with Gasteiger partial charge in [-0.15, -0.1) is 11.3 Å². The molecule has 0 radical (unpaired) electrons. The van der Waals surface area contributed by atoms with Crippen molar-refractivity contribution in [2.45, 2.75) is 0 Å². The van der Waals surface area contributed by atoms with Crippen LogP contribution in [0.3, 0.4) is 0 Å². The number of H-pyrrole nitrogens is 2. The van der Waals surface area contributed by atoms with Crippen molar-refractivity contribution in [3.8, 4) is 33.2 Å². The summed E-state index contributed by atoms with van der Waals surface area (Å²) >= 11 is 1.68. The number of anilines is 1. The normalized spacial score (nSPS) is 11.5. The largest absolute Gasteiger partial charge is 0.336 e. The number of hydrogen-bond donors (Lipinski definition) is 3. The first kappa shape index (κ1) is 22.1. The number of amides is 1. The van der Waals surface area contributed by atoms with Crippen molar-refractivity contribution in [1.29, 1.82) is 0 Å². The van der Waals surface area contributed by atoms with Crippen LogP contribution in [0.1, 0.15) is 0 Å². The molecular formula is C26H22N8OS. The van der Waals surface area contributed by atoms with Gasteiger partial charge in [0.2, 0.25) is 5.91 Å². The van der Waals surface area contributed by atoms with Crippen molar-refractivity contribution < 1.29 is 4.79 Å². The van der Waals surface area contributed by atoms with Crippen LogP contribution in [0.2, 0.25) is 0 Å². The topological polar surface area (TPSA) is 115 Å². The number of para-hydroxylation sites is 1. The number of nitrogens with one attached hydrogen (secondary N) is 3. The first-order chi connectivity index (χ1) is 17.5. The highest BCUT2D eigenvalue weighted by Crippen LogP contribution is 2.33. The number of aromatic nitrogens is 6. The molecule has 5 aromatic heterocycles. The highest BCUT2D eigenvalue weighted by Gasteiger charge is 2.17. The van der Waals surface area contributed by atoms with E-state index in [4.69, 9.17) is 9.97 Å². The lowest BCUT2D eigenvalue weighted by Gasteiger charge is -2.10. The molecule has 0 aliphatic rings. The number of imidazole rings is 1. The van der Waals surface area contributed by atoms with Gasteiger partial charge in [0, 0.05) is 22.2 Å². The lowest BCUT2D eigenvalue weighted by Crippen LogP contribution is -2.27. The van der Waals surface area contributed by atoms with Gasteiger partial charge in [0.25, 0.3) is 0 Å². The number of pyridine rings is 2. The van der Waals surface area contributed by atoms with E-state index in [1.54, 1.807) is 23.7 Å². The zero-order valence-corrected chi connectivity index (χ0v) is 20.4. The van der Waals surface area contributed by atoms with Gasteiger partial charge in [-0.05, 0) is 49.8 Å². The third-order valence-corrected chi connectivity index (χ3v) is 6.61. The minimum Gasteiger partial charge on any atom is -0.336 e. The summed E-state index contributed by atoms with van der Waals surface area (Å²) in [6, 6.07) is 15.9. The fourth-order valence-corrected chi connectivity index (χ4v) is 4.89. The van der Waals surface area contributed by atoms with Crippen LogP contribution in [0.25, 0.3) is 55.3 Å². The van der Waals surface area contributed by atoms with Gasteiger partial charge in [-0.3, -0.25) is 14.9 Å². The Hall–Kier alpha value is -4.41. The Balaban J connectivity index is 1.38. The third kappa shape index (κ3) is 4.12. The number of carbonyl (C=O) groups excluding carboxylic acids is 1. The molecule has 1 amide bonds. The number of carbonyl (C=O) groups is 1. The molecule has 6 rings (SSSR count). The quantitative estimate of drug-likeness (QED) is 0.307. The Morgan fingerprint density at radius 2 is 1.94 bits per heavy atom. The molecule has 178 valence electrons. The van der Waals surface area contributed by atoms with E-state index in [0.717, 1.165) is 38.2 Å². The number of benzene rings is 1. The molecule has 10 heteroatoms. The SMILES string of the molecule is CN(C)CC(=O)Nc1cncc(-c2ccc3[nH]nc(-c4nc5c(-c6cccs6)cccc5[nH]4)c3n2)c1. The molecule has 6 aromatic rings. The molecular weight excluding hydrogens is 472 g/mol. The van der Waals surface area contributed by atoms with E-state index in [-0.39, 0.29) is 5.91 Å². The minimum absolute atomic E-state index is 0.105. The molecule has 0 saturated carbocycles. The molecule has 0 saturated heterocycles. The van der Waals surface area contributed by atoms with Crippen molar-refractivity contribution in [3.05, 3.63) is 66.3 Å². The smallest absolute Gasteiger partial charge is 0.238 e. The second-order valence-electron chi connectivity index (χ2n) is 8.68. The van der Waals surface area contributed by atoms with E-state index in [2.05, 4.69) is 43.0 Å². The Kier molecular flexibility index (Phi) is 5.51. The van der Waals surface area contributed by atoms with E-state index in [1.807, 2.05) is 55.4 Å². The molecule has 0 spiro atoms. The van der Waals surface area contributed by atoms with Crippen molar-refractivity contribution >= 4 is 45.0 Å². The molecule has 0 atom stereocenters. The van der Waals surface area contributed by atoms with Gasteiger partial charge in [0.05, 0.1) is 40.7 Å². The summed E-state index contributed by atoms with van der Waals surface area (Å²) in [6.07, 6.45) is 3.35. The maximum absolute atomic E-state index is 12.2. The second-order valence-corrected chi connectivity index (χ2v) is 9.63. The fraction of sp³-hybridized carbons (Fsp3) is 0.115. The van der Waals surface area contributed by atoms with Crippen LogP contribution in [0.4, 0.5) is 5.69 Å². The first-order valence-corrected chi connectivity index (χ1v) is 12.2. The van der Waals surface area contributed by atoms with Crippen LogP contribution in [-0.2, 0) is 4.79 Å². The maximum atomic E-state index is 12.2. The molecule has 0 aliphatic heterocycles. The summed E-state index contributed by atoms with van der Waals surface area (Å²) in [6.45, 7) is 0.290. The fourth-order valence-electron chi connectivity index (χ4n) is 4.14. The Morgan fingerprint density at radius 1 is 1.03 bits per heavy atom. The van der Waals surface area contributed by atoms with Crippen LogP contribution in [0, 0.1) is 0 Å². The standard InChI is InChI=1S/C26H22N8OS/c1-34(2)14-22(35)28-16-11-15(12-27-13-16)18-8-9-20-24(29-18)25(33-32-20)26-30-19-6-3-5-17(23(19)31-26)21-7-4-10-36-21/h3-13H,14H2,1-2H3,(H,28,35)(H,30,31)(H,32,33). The average Bonchev–Trinajstić information content (AvgIpc) is 3.62. The van der Waals surface area contributed by atoms with Crippen molar-refractivity contribution in [3.63, 3.8) is 0 Å². The van der Waals surface area contributed by atoms with Gasteiger partial charge >= 0.3 is 0 Å². The van der Waals surface area contributed by atoms with E-state index in [9.17, 15) is 4.79 Å². The molecule has 3 N–H and O–H groups in total. The highest BCUT2D eigenvalue weighted by molar-refractivity contribution is 7.13. The lowest BCUT2D eigenvalue weighted by molar-refractivity contribution is -0.116. The van der Waals surface area contributed by atoms with Gasteiger partial charge in [0.15, 0.2) is 11.5 Å². The van der Waals surface area contributed by atoms with Crippen LogP contribution in [0.15, 0.2) is 66.3 Å². The minimum atomic E-state index is -0.105. The summed E-state index contributed by atoms with van der Waals surface area (Å²) < 4.78 is 0. The number of fused-ring (bicyclic) bond motifs is 2. The number of hydrogen-bond acceptors (Lipinski definition) is 7. The summed E-state index contributed by atoms with van der Waals surface area (Å²) in [5.41, 5.74) is 7.19. The number of aromatic amines is 2. The van der Waals surface area contributed by atoms with E-state index >= 15 is 0 Å². The van der Waals surface area contributed by atoms with Crippen molar-refractivity contribution in [2.75, 3.05) is 26.0 Å². The van der Waals surface area contributed by atoms with Crippen LogP contribution in [0.5, 0.6) is 0 Å². The highest BCUT2D eigenvalue weighted by atomic mass is 32.1. The predicted molar refractivity (Wildman–Crippen MR) is 143 cm³/mol. The van der Waals surface area contributed by atoms with E-state index in [1.165, 1.54) is 0 Å². The Labute approximate surface area is 210 Å². The molecule has 5 heterocycles. The average molecular weight is 495 g/mol. The molecule has 1 aromatic carbocycles. The molecule has 36 heavy (non-hydrogen) atoms. The summed E-state index contributed by atoms with van der Waals surface area (Å²) in [5, 5.41) is 12.5. The van der Waals surface area contributed by atoms with Gasteiger partial charge in [-0.1, -0.05) is 18.2 Å². The van der Waals surface area contributed by atoms with Gasteiger partial charge < -0.3 is 15.2 Å². The van der Waals surface area contributed by atoms with Gasteiger partial charge in [-0.2, -0.15) is 5.10 Å². The van der Waals surface area contributed by atoms with E-state index in [0.29, 0.717) is 29.3 Å². The number of nitrogens with zero attached hydrogens (tertiary/aromatic N) is 5. The predicted octanol–water partition coefficient (Wildman–Crippen LogP) is 4.79. The number of rotatable bonds is 6. The molecule has 0 aliphatic carbocycles. The van der Waals surface area contributed by atoms with Crippen LogP contribution < -0.4 is 5.32 Å². The van der Waals surface area contributed by atoms with Gasteiger partial charge in [-0.25, -0.2) is 9.97 Å². The first-order valence-electron chi connectivity index (χ1n) is 11.3. The second kappa shape index (κ2) is 8.99. The summed E-state index contributed by atoms with van der Waals surface area (Å²) in [5.74, 6) is 0.541. The zero-order chi connectivity index (χ0) is 24.6. The molecule has 9 nitrogen and oxygen atoms in total. The monoisotopic (exact) mass is 494 g/mol. The van der Waals surface area contributed by atoms with Crippen LogP contribution in [-0.4, -0.2) is 61.6 Å². The van der Waals surface area contributed by atoms with E-state index < -0.39 is 0 Å². The van der Waals surface area contributed by atoms with Crippen LogP contribution >= 0.6 is 11.3 Å². The molecule has 0 bridgehead atoms. The summed E-state index contributed by atoms with van der Waals surface area (Å²) in [7, 11) is 3.70. The van der Waals surface area contributed by atoms with Crippen molar-refractivity contribution in [1.82, 2.24) is 35.0 Å². The molecule has 0 unspecified atom stereocenters. The molecule has 0 fully saturated rings. The number of likely N-dealkylation sites (N-methyl/N-ethyl adjacent to an activating group) is 1. The lowest BCUT2D eigenvalue weighted by atomic mass is 10.1. The summed E-state index contributed by atoms with van der Waals surface area (Å²) in [4.78, 5) is 32.6. The Bertz CT molecular complexity index is 1700.